The minimum Gasteiger partial charge on any atom is -0.309 e. The molecule has 0 atom stereocenters. The van der Waals surface area contributed by atoms with Crippen molar-refractivity contribution in [3.63, 3.8) is 0 Å². The summed E-state index contributed by atoms with van der Waals surface area (Å²) >= 11 is 3.32. The predicted molar refractivity (Wildman–Crippen MR) is 85.4 cm³/mol. The number of hydrogen-bond donors (Lipinski definition) is 1. The van der Waals surface area contributed by atoms with Crippen molar-refractivity contribution < 1.29 is 0 Å². The van der Waals surface area contributed by atoms with Gasteiger partial charge in [-0.05, 0) is 52.4 Å². The summed E-state index contributed by atoms with van der Waals surface area (Å²) in [7, 11) is 0. The Morgan fingerprint density at radius 2 is 1.95 bits per heavy atom. The zero-order valence-corrected chi connectivity index (χ0v) is 13.8. The van der Waals surface area contributed by atoms with E-state index >= 15 is 0 Å². The normalized spacial score (nSPS) is 11.1. The zero-order valence-electron chi connectivity index (χ0n) is 12.2. The Bertz CT molecular complexity index is 689. The lowest BCUT2D eigenvalue weighted by Gasteiger charge is -2.10. The Morgan fingerprint density at radius 1 is 1.25 bits per heavy atom. The van der Waals surface area contributed by atoms with E-state index < -0.39 is 0 Å². The number of benzene rings is 1. The van der Waals surface area contributed by atoms with Crippen molar-refractivity contribution in [2.24, 2.45) is 0 Å². The summed E-state index contributed by atoms with van der Waals surface area (Å²) < 4.78 is 0.538. The summed E-state index contributed by atoms with van der Waals surface area (Å²) in [6, 6.07) is 6.33. The van der Waals surface area contributed by atoms with Crippen molar-refractivity contribution in [1.29, 1.82) is 0 Å². The van der Waals surface area contributed by atoms with Crippen LogP contribution in [0.2, 0.25) is 0 Å². The van der Waals surface area contributed by atoms with Gasteiger partial charge < -0.3 is 4.98 Å². The first-order chi connectivity index (χ1) is 9.38. The molecule has 0 aliphatic heterocycles. The molecule has 1 N–H and O–H groups in total. The van der Waals surface area contributed by atoms with Gasteiger partial charge in [-0.1, -0.05) is 32.0 Å². The SMILES string of the molecule is Cc1ccc(Cc2nc(C(C)C)c(Br)c(=O)[nH]2)cc1C. The molecule has 0 fully saturated rings. The number of H-pyrrole nitrogens is 1. The van der Waals surface area contributed by atoms with Gasteiger partial charge in [-0.2, -0.15) is 0 Å². The van der Waals surface area contributed by atoms with Crippen LogP contribution in [0.5, 0.6) is 0 Å². The molecule has 0 spiro atoms. The van der Waals surface area contributed by atoms with Crippen molar-refractivity contribution >= 4 is 15.9 Å². The molecule has 0 bridgehead atoms. The van der Waals surface area contributed by atoms with E-state index in [0.29, 0.717) is 16.7 Å². The fraction of sp³-hybridized carbons (Fsp3) is 0.375. The molecule has 1 aromatic carbocycles. The largest absolute Gasteiger partial charge is 0.309 e. The number of aryl methyl sites for hydroxylation is 2. The molecule has 106 valence electrons. The van der Waals surface area contributed by atoms with E-state index in [9.17, 15) is 4.79 Å². The monoisotopic (exact) mass is 334 g/mol. The molecule has 0 radical (unpaired) electrons. The molecule has 4 heteroatoms. The van der Waals surface area contributed by atoms with E-state index in [4.69, 9.17) is 0 Å². The van der Waals surface area contributed by atoms with Gasteiger partial charge >= 0.3 is 0 Å². The van der Waals surface area contributed by atoms with Crippen LogP contribution in [0, 0.1) is 13.8 Å². The summed E-state index contributed by atoms with van der Waals surface area (Å²) in [5, 5.41) is 0. The molecule has 0 saturated carbocycles. The molecule has 0 amide bonds. The number of nitrogens with one attached hydrogen (secondary N) is 1. The molecule has 1 heterocycles. The number of aromatic nitrogens is 2. The molecule has 0 saturated heterocycles. The molecule has 2 aromatic rings. The highest BCUT2D eigenvalue weighted by Gasteiger charge is 2.12. The standard InChI is InChI=1S/C16H19BrN2O/c1-9(2)15-14(17)16(20)19-13(18-15)8-12-6-5-10(3)11(4)7-12/h5-7,9H,8H2,1-4H3,(H,18,19,20). The van der Waals surface area contributed by atoms with Gasteiger partial charge in [0.15, 0.2) is 0 Å². The second kappa shape index (κ2) is 5.92. The molecule has 2 rings (SSSR count). The number of rotatable bonds is 3. The van der Waals surface area contributed by atoms with Crippen molar-refractivity contribution in [1.82, 2.24) is 9.97 Å². The Kier molecular flexibility index (Phi) is 4.43. The van der Waals surface area contributed by atoms with Gasteiger partial charge in [0.05, 0.1) is 5.69 Å². The lowest BCUT2D eigenvalue weighted by Crippen LogP contribution is -2.16. The van der Waals surface area contributed by atoms with Gasteiger partial charge in [0.2, 0.25) is 0 Å². The topological polar surface area (TPSA) is 45.8 Å². The van der Waals surface area contributed by atoms with E-state index in [1.165, 1.54) is 11.1 Å². The first-order valence-electron chi connectivity index (χ1n) is 6.73. The highest BCUT2D eigenvalue weighted by atomic mass is 79.9. The molecule has 0 aliphatic rings. The second-order valence-electron chi connectivity index (χ2n) is 5.46. The fourth-order valence-corrected chi connectivity index (χ4v) is 2.74. The summed E-state index contributed by atoms with van der Waals surface area (Å²) in [5.41, 5.74) is 4.39. The van der Waals surface area contributed by atoms with E-state index in [0.717, 1.165) is 11.3 Å². The van der Waals surface area contributed by atoms with Crippen molar-refractivity contribution in [3.05, 3.63) is 61.2 Å². The van der Waals surface area contributed by atoms with Crippen molar-refractivity contribution in [3.8, 4) is 0 Å². The van der Waals surface area contributed by atoms with Crippen LogP contribution in [0.4, 0.5) is 0 Å². The third-order valence-electron chi connectivity index (χ3n) is 3.43. The summed E-state index contributed by atoms with van der Waals surface area (Å²) in [4.78, 5) is 19.4. The third-order valence-corrected chi connectivity index (χ3v) is 4.19. The van der Waals surface area contributed by atoms with Gasteiger partial charge in [0.25, 0.3) is 5.56 Å². The summed E-state index contributed by atoms with van der Waals surface area (Å²) in [6.45, 7) is 8.25. The Labute approximate surface area is 127 Å². The van der Waals surface area contributed by atoms with E-state index in [-0.39, 0.29) is 11.5 Å². The summed E-state index contributed by atoms with van der Waals surface area (Å²) in [6.07, 6.45) is 0.642. The molecule has 0 unspecified atom stereocenters. The Morgan fingerprint density at radius 3 is 2.55 bits per heavy atom. The van der Waals surface area contributed by atoms with Gasteiger partial charge in [0, 0.05) is 6.42 Å². The van der Waals surface area contributed by atoms with Crippen LogP contribution in [-0.4, -0.2) is 9.97 Å². The Hall–Kier alpha value is -1.42. The van der Waals surface area contributed by atoms with Crippen LogP contribution in [0.15, 0.2) is 27.5 Å². The molecule has 0 aliphatic carbocycles. The van der Waals surface area contributed by atoms with E-state index in [1.807, 2.05) is 13.8 Å². The number of halogens is 1. The molecule has 3 nitrogen and oxygen atoms in total. The summed E-state index contributed by atoms with van der Waals surface area (Å²) in [5.74, 6) is 0.926. The van der Waals surface area contributed by atoms with Crippen LogP contribution >= 0.6 is 15.9 Å². The van der Waals surface area contributed by atoms with Crippen LogP contribution in [0.1, 0.15) is 48.0 Å². The highest BCUT2D eigenvalue weighted by molar-refractivity contribution is 9.10. The lowest BCUT2D eigenvalue weighted by molar-refractivity contribution is 0.775. The average molecular weight is 335 g/mol. The second-order valence-corrected chi connectivity index (χ2v) is 6.25. The third kappa shape index (κ3) is 3.18. The molecular weight excluding hydrogens is 316 g/mol. The van der Waals surface area contributed by atoms with Gasteiger partial charge in [-0.15, -0.1) is 0 Å². The first kappa shape index (κ1) is 15.0. The van der Waals surface area contributed by atoms with Crippen molar-refractivity contribution in [2.45, 2.75) is 40.0 Å². The van der Waals surface area contributed by atoms with Crippen LogP contribution < -0.4 is 5.56 Å². The maximum Gasteiger partial charge on any atom is 0.265 e. The maximum absolute atomic E-state index is 11.9. The maximum atomic E-state index is 11.9. The number of aromatic amines is 1. The molecule has 20 heavy (non-hydrogen) atoms. The van der Waals surface area contributed by atoms with E-state index in [1.54, 1.807) is 0 Å². The number of nitrogens with zero attached hydrogens (tertiary/aromatic N) is 1. The first-order valence-corrected chi connectivity index (χ1v) is 7.52. The quantitative estimate of drug-likeness (QED) is 0.926. The Balaban J connectivity index is 2.38. The van der Waals surface area contributed by atoms with Gasteiger partial charge in [-0.25, -0.2) is 4.98 Å². The van der Waals surface area contributed by atoms with E-state index in [2.05, 4.69) is 57.9 Å². The van der Waals surface area contributed by atoms with Crippen LogP contribution in [-0.2, 0) is 6.42 Å². The smallest absolute Gasteiger partial charge is 0.265 e. The van der Waals surface area contributed by atoms with Crippen LogP contribution in [0.3, 0.4) is 0 Å². The predicted octanol–water partition coefficient (Wildman–Crippen LogP) is 3.86. The van der Waals surface area contributed by atoms with Crippen LogP contribution in [0.25, 0.3) is 0 Å². The van der Waals surface area contributed by atoms with Gasteiger partial charge in [-0.3, -0.25) is 4.79 Å². The fourth-order valence-electron chi connectivity index (χ4n) is 2.10. The van der Waals surface area contributed by atoms with Gasteiger partial charge in [0.1, 0.15) is 10.3 Å². The zero-order chi connectivity index (χ0) is 14.9. The minimum atomic E-state index is -0.109. The minimum absolute atomic E-state index is 0.109. The highest BCUT2D eigenvalue weighted by Crippen LogP contribution is 2.19. The van der Waals surface area contributed by atoms with Crippen molar-refractivity contribution in [2.75, 3.05) is 0 Å². The molecular formula is C16H19BrN2O. The molecule has 1 aromatic heterocycles. The number of hydrogen-bond acceptors (Lipinski definition) is 2. The average Bonchev–Trinajstić information content (AvgIpc) is 2.37. The lowest BCUT2D eigenvalue weighted by atomic mass is 10.0.